The fourth-order valence-electron chi connectivity index (χ4n) is 2.25. The zero-order valence-electron chi connectivity index (χ0n) is 11.0. The highest BCUT2D eigenvalue weighted by Crippen LogP contribution is 2.26. The molecule has 0 saturated heterocycles. The molecule has 2 aromatic rings. The van der Waals surface area contributed by atoms with Crippen molar-refractivity contribution >= 4 is 34.5 Å². The van der Waals surface area contributed by atoms with Crippen LogP contribution in [0.1, 0.15) is 27.2 Å². The summed E-state index contributed by atoms with van der Waals surface area (Å²) in [5.74, 6) is -0.0409. The average molecular weight is 286 g/mol. The number of thiophene rings is 1. The lowest BCUT2D eigenvalue weighted by atomic mass is 10.0. The minimum atomic E-state index is -0.0858. The van der Waals surface area contributed by atoms with E-state index < -0.39 is 0 Å². The number of nitrogens with one attached hydrogen (secondary N) is 2. The quantitative estimate of drug-likeness (QED) is 0.890. The van der Waals surface area contributed by atoms with E-state index in [4.69, 9.17) is 0 Å². The van der Waals surface area contributed by atoms with Gasteiger partial charge in [0.15, 0.2) is 0 Å². The maximum absolute atomic E-state index is 12.1. The van der Waals surface area contributed by atoms with Crippen molar-refractivity contribution in [2.75, 3.05) is 10.6 Å². The van der Waals surface area contributed by atoms with Crippen LogP contribution >= 0.6 is 11.3 Å². The van der Waals surface area contributed by atoms with Gasteiger partial charge in [-0.2, -0.15) is 0 Å². The topological polar surface area (TPSA) is 58.2 Å². The van der Waals surface area contributed by atoms with Crippen molar-refractivity contribution in [2.24, 2.45) is 0 Å². The standard InChI is InChI=1S/C15H14N2O2S/c1-9-6-7-20-14(9)15(19)16-11-3-4-12-10(8-11)2-5-13(18)17-12/h3-4,6-8H,2,5H2,1H3,(H,16,19)(H,17,18). The van der Waals surface area contributed by atoms with Crippen LogP contribution in [-0.4, -0.2) is 11.8 Å². The second kappa shape index (κ2) is 5.09. The highest BCUT2D eigenvalue weighted by Gasteiger charge is 2.16. The number of hydrogen-bond donors (Lipinski definition) is 2. The largest absolute Gasteiger partial charge is 0.326 e. The molecule has 0 atom stereocenters. The molecule has 0 unspecified atom stereocenters. The van der Waals surface area contributed by atoms with Crippen molar-refractivity contribution in [2.45, 2.75) is 19.8 Å². The lowest BCUT2D eigenvalue weighted by molar-refractivity contribution is -0.116. The van der Waals surface area contributed by atoms with Crippen LogP contribution in [0.5, 0.6) is 0 Å². The first-order valence-corrected chi connectivity index (χ1v) is 7.29. The van der Waals surface area contributed by atoms with Gasteiger partial charge in [0.2, 0.25) is 5.91 Å². The van der Waals surface area contributed by atoms with Gasteiger partial charge in [-0.15, -0.1) is 11.3 Å². The molecule has 4 nitrogen and oxygen atoms in total. The van der Waals surface area contributed by atoms with E-state index in [-0.39, 0.29) is 11.8 Å². The number of benzene rings is 1. The summed E-state index contributed by atoms with van der Waals surface area (Å²) in [5, 5.41) is 7.64. The molecule has 0 fully saturated rings. The van der Waals surface area contributed by atoms with E-state index in [1.165, 1.54) is 11.3 Å². The summed E-state index contributed by atoms with van der Waals surface area (Å²) in [6, 6.07) is 7.51. The molecule has 3 rings (SSSR count). The first-order valence-electron chi connectivity index (χ1n) is 6.42. The van der Waals surface area contributed by atoms with Gasteiger partial charge in [0.1, 0.15) is 0 Å². The van der Waals surface area contributed by atoms with Gasteiger partial charge in [0.25, 0.3) is 5.91 Å². The Morgan fingerprint density at radius 3 is 2.90 bits per heavy atom. The first-order chi connectivity index (χ1) is 9.63. The Labute approximate surface area is 120 Å². The molecule has 1 aromatic heterocycles. The molecule has 0 saturated carbocycles. The summed E-state index contributed by atoms with van der Waals surface area (Å²) in [7, 11) is 0. The Morgan fingerprint density at radius 2 is 2.15 bits per heavy atom. The van der Waals surface area contributed by atoms with Crippen molar-refractivity contribution < 1.29 is 9.59 Å². The molecule has 102 valence electrons. The summed E-state index contributed by atoms with van der Waals surface area (Å²) >= 11 is 1.44. The number of carbonyl (C=O) groups excluding carboxylic acids is 2. The molecular formula is C15H14N2O2S. The van der Waals surface area contributed by atoms with Gasteiger partial charge in [-0.25, -0.2) is 0 Å². The highest BCUT2D eigenvalue weighted by molar-refractivity contribution is 7.12. The summed E-state index contributed by atoms with van der Waals surface area (Å²) in [6.45, 7) is 1.92. The van der Waals surface area contributed by atoms with Crippen molar-refractivity contribution in [3.63, 3.8) is 0 Å². The van der Waals surface area contributed by atoms with Crippen molar-refractivity contribution in [3.05, 3.63) is 45.6 Å². The Balaban J connectivity index is 1.80. The fourth-order valence-corrected chi connectivity index (χ4v) is 3.07. The third-order valence-corrected chi connectivity index (χ3v) is 4.34. The van der Waals surface area contributed by atoms with Gasteiger partial charge >= 0.3 is 0 Å². The molecule has 0 radical (unpaired) electrons. The first kappa shape index (κ1) is 12.9. The third kappa shape index (κ3) is 2.44. The minimum absolute atomic E-state index is 0.0449. The average Bonchev–Trinajstić information content (AvgIpc) is 2.85. The molecule has 2 N–H and O–H groups in total. The van der Waals surface area contributed by atoms with Crippen molar-refractivity contribution in [3.8, 4) is 0 Å². The molecule has 1 aromatic carbocycles. The van der Waals surface area contributed by atoms with Crippen molar-refractivity contribution in [1.82, 2.24) is 0 Å². The van der Waals surface area contributed by atoms with Crippen molar-refractivity contribution in [1.29, 1.82) is 0 Å². The molecular weight excluding hydrogens is 272 g/mol. The predicted octanol–water partition coefficient (Wildman–Crippen LogP) is 3.19. The Bertz CT molecular complexity index is 691. The number of carbonyl (C=O) groups is 2. The number of anilines is 2. The van der Waals surface area contributed by atoms with Crippen LogP contribution in [0.15, 0.2) is 29.6 Å². The SMILES string of the molecule is Cc1ccsc1C(=O)Nc1ccc2c(c1)CCC(=O)N2. The second-order valence-corrected chi connectivity index (χ2v) is 5.72. The molecule has 1 aliphatic rings. The van der Waals surface area contributed by atoms with Crippen LogP contribution in [0.4, 0.5) is 11.4 Å². The van der Waals surface area contributed by atoms with E-state index in [1.54, 1.807) is 0 Å². The highest BCUT2D eigenvalue weighted by atomic mass is 32.1. The number of aryl methyl sites for hydroxylation is 2. The number of hydrogen-bond acceptors (Lipinski definition) is 3. The molecule has 5 heteroatoms. The summed E-state index contributed by atoms with van der Waals surface area (Å²) in [6.07, 6.45) is 1.21. The van der Waals surface area contributed by atoms with Crippen LogP contribution in [-0.2, 0) is 11.2 Å². The summed E-state index contributed by atoms with van der Waals surface area (Å²) in [5.41, 5.74) is 3.65. The fraction of sp³-hybridized carbons (Fsp3) is 0.200. The lowest BCUT2D eigenvalue weighted by Crippen LogP contribution is -2.19. The monoisotopic (exact) mass is 286 g/mol. The zero-order valence-corrected chi connectivity index (χ0v) is 11.8. The van der Waals surface area contributed by atoms with E-state index in [2.05, 4.69) is 10.6 Å². The molecule has 20 heavy (non-hydrogen) atoms. The zero-order chi connectivity index (χ0) is 14.1. The van der Waals surface area contributed by atoms with E-state index >= 15 is 0 Å². The Kier molecular flexibility index (Phi) is 3.28. The van der Waals surface area contributed by atoms with Gasteiger partial charge < -0.3 is 10.6 Å². The number of fused-ring (bicyclic) bond motifs is 1. The van der Waals surface area contributed by atoms with Crippen LogP contribution < -0.4 is 10.6 Å². The van der Waals surface area contributed by atoms with Gasteiger partial charge in [-0.1, -0.05) is 0 Å². The summed E-state index contributed by atoms with van der Waals surface area (Å²) in [4.78, 5) is 24.2. The number of amides is 2. The maximum Gasteiger partial charge on any atom is 0.265 e. The summed E-state index contributed by atoms with van der Waals surface area (Å²) < 4.78 is 0. The maximum atomic E-state index is 12.1. The molecule has 1 aliphatic heterocycles. The van der Waals surface area contributed by atoms with Crippen LogP contribution in [0.25, 0.3) is 0 Å². The van der Waals surface area contributed by atoms with E-state index in [1.807, 2.05) is 36.6 Å². The van der Waals surface area contributed by atoms with Gasteiger partial charge in [-0.3, -0.25) is 9.59 Å². The van der Waals surface area contributed by atoms with Crippen LogP contribution in [0.2, 0.25) is 0 Å². The Morgan fingerprint density at radius 1 is 1.30 bits per heavy atom. The van der Waals surface area contributed by atoms with E-state index in [0.717, 1.165) is 27.4 Å². The lowest BCUT2D eigenvalue weighted by Gasteiger charge is -2.17. The minimum Gasteiger partial charge on any atom is -0.326 e. The molecule has 0 bridgehead atoms. The van der Waals surface area contributed by atoms with Crippen LogP contribution in [0.3, 0.4) is 0 Å². The molecule has 2 amide bonds. The van der Waals surface area contributed by atoms with Crippen LogP contribution in [0, 0.1) is 6.92 Å². The van der Waals surface area contributed by atoms with Gasteiger partial charge in [-0.05, 0) is 54.1 Å². The van der Waals surface area contributed by atoms with E-state index in [0.29, 0.717) is 12.8 Å². The van der Waals surface area contributed by atoms with Gasteiger partial charge in [0.05, 0.1) is 4.88 Å². The molecule has 0 aliphatic carbocycles. The predicted molar refractivity (Wildman–Crippen MR) is 80.4 cm³/mol. The van der Waals surface area contributed by atoms with Gasteiger partial charge in [0, 0.05) is 17.8 Å². The third-order valence-electron chi connectivity index (χ3n) is 3.33. The normalized spacial score (nSPS) is 13.6. The Hall–Kier alpha value is -2.14. The number of rotatable bonds is 2. The van der Waals surface area contributed by atoms with E-state index in [9.17, 15) is 9.59 Å². The second-order valence-electron chi connectivity index (χ2n) is 4.81. The molecule has 0 spiro atoms. The smallest absolute Gasteiger partial charge is 0.265 e. The molecule has 2 heterocycles.